The number of nitrogens with one attached hydrogen (secondary N) is 1. The first-order chi connectivity index (χ1) is 13.2. The number of carbonyl (C=O) groups is 1. The van der Waals surface area contributed by atoms with Gasteiger partial charge in [0, 0.05) is 45.2 Å². The third-order valence-corrected chi connectivity index (χ3v) is 6.71. The number of rotatable bonds is 3. The number of aromatic nitrogens is 1. The number of ether oxygens (including phenoxy) is 2. The van der Waals surface area contributed by atoms with Crippen LogP contribution >= 0.6 is 11.3 Å². The van der Waals surface area contributed by atoms with E-state index in [1.165, 1.54) is 16.9 Å². The number of carbonyl (C=O) groups excluding carboxylic acids is 1. The number of benzene rings is 1. The molecule has 2 aromatic rings. The Morgan fingerprint density at radius 1 is 1.19 bits per heavy atom. The van der Waals surface area contributed by atoms with Gasteiger partial charge in [0.15, 0.2) is 16.6 Å². The number of fused-ring (bicyclic) bond motifs is 2. The predicted molar refractivity (Wildman–Crippen MR) is 103 cm³/mol. The Balaban J connectivity index is 1.26. The Hall–Kier alpha value is -2.32. The third kappa shape index (κ3) is 3.02. The van der Waals surface area contributed by atoms with Gasteiger partial charge >= 0.3 is 0 Å². The van der Waals surface area contributed by atoms with Crippen LogP contribution in [0.15, 0.2) is 18.2 Å². The highest BCUT2D eigenvalue weighted by atomic mass is 32.1. The van der Waals surface area contributed by atoms with Crippen LogP contribution < -0.4 is 19.7 Å². The van der Waals surface area contributed by atoms with E-state index in [1.807, 2.05) is 6.07 Å². The average Bonchev–Trinajstić information content (AvgIpc) is 3.34. The van der Waals surface area contributed by atoms with Gasteiger partial charge in [0.1, 0.15) is 4.88 Å². The lowest BCUT2D eigenvalue weighted by Crippen LogP contribution is -2.47. The summed E-state index contributed by atoms with van der Waals surface area (Å²) < 4.78 is 10.9. The molecular weight excluding hydrogens is 364 g/mol. The van der Waals surface area contributed by atoms with E-state index >= 15 is 0 Å². The summed E-state index contributed by atoms with van der Waals surface area (Å²) in [7, 11) is 0. The molecule has 3 aliphatic rings. The van der Waals surface area contributed by atoms with Crippen molar-refractivity contribution in [3.05, 3.63) is 34.3 Å². The van der Waals surface area contributed by atoms with Crippen LogP contribution in [0.1, 0.15) is 33.9 Å². The lowest BCUT2D eigenvalue weighted by Gasteiger charge is -2.38. The van der Waals surface area contributed by atoms with Crippen LogP contribution in [-0.2, 0) is 6.42 Å². The Morgan fingerprint density at radius 2 is 2.00 bits per heavy atom. The number of nitrogens with zero attached hydrogens (tertiary/aromatic N) is 3. The van der Waals surface area contributed by atoms with Gasteiger partial charge < -0.3 is 19.7 Å². The minimum absolute atomic E-state index is 0.0232. The Labute approximate surface area is 161 Å². The van der Waals surface area contributed by atoms with Gasteiger partial charge in [-0.15, -0.1) is 0 Å². The van der Waals surface area contributed by atoms with Crippen LogP contribution in [0.25, 0.3) is 0 Å². The van der Waals surface area contributed by atoms with Crippen molar-refractivity contribution in [2.45, 2.75) is 19.4 Å². The van der Waals surface area contributed by atoms with E-state index in [0.717, 1.165) is 59.8 Å². The zero-order chi connectivity index (χ0) is 18.4. The first-order valence-corrected chi connectivity index (χ1v) is 10.2. The molecule has 1 aromatic heterocycles. The molecule has 1 saturated heterocycles. The van der Waals surface area contributed by atoms with E-state index in [1.54, 1.807) is 0 Å². The van der Waals surface area contributed by atoms with Crippen molar-refractivity contribution in [2.75, 3.05) is 44.4 Å². The van der Waals surface area contributed by atoms with Crippen LogP contribution in [0, 0.1) is 0 Å². The third-order valence-electron chi connectivity index (χ3n) is 5.55. The minimum Gasteiger partial charge on any atom is -0.454 e. The van der Waals surface area contributed by atoms with E-state index in [4.69, 9.17) is 14.5 Å². The lowest BCUT2D eigenvalue weighted by atomic mass is 10.1. The summed E-state index contributed by atoms with van der Waals surface area (Å²) in [5, 5.41) is 3.88. The van der Waals surface area contributed by atoms with Crippen molar-refractivity contribution in [1.82, 2.24) is 15.2 Å². The second-order valence-electron chi connectivity index (χ2n) is 7.09. The van der Waals surface area contributed by atoms with Crippen molar-refractivity contribution < 1.29 is 14.3 Å². The van der Waals surface area contributed by atoms with Gasteiger partial charge in [0.05, 0.1) is 5.69 Å². The number of thiazole rings is 1. The number of anilines is 1. The zero-order valence-corrected chi connectivity index (χ0v) is 16.1. The summed E-state index contributed by atoms with van der Waals surface area (Å²) in [5.74, 6) is 1.69. The summed E-state index contributed by atoms with van der Waals surface area (Å²) in [6.07, 6.45) is 0.832. The monoisotopic (exact) mass is 386 g/mol. The summed E-state index contributed by atoms with van der Waals surface area (Å²) in [4.78, 5) is 22.3. The second-order valence-corrected chi connectivity index (χ2v) is 8.07. The van der Waals surface area contributed by atoms with Gasteiger partial charge in [-0.3, -0.25) is 9.69 Å². The SMILES string of the molecule is C[C@@H](c1ccc2c(c1)OCO2)N1CCN(c2nc3c(s2)C(=O)NCC3)CC1. The fraction of sp³-hybridized carbons (Fsp3) is 0.474. The molecule has 0 bridgehead atoms. The van der Waals surface area contributed by atoms with E-state index in [2.05, 4.69) is 34.2 Å². The van der Waals surface area contributed by atoms with Gasteiger partial charge in [0.2, 0.25) is 6.79 Å². The molecule has 142 valence electrons. The van der Waals surface area contributed by atoms with Crippen molar-refractivity contribution >= 4 is 22.4 Å². The smallest absolute Gasteiger partial charge is 0.263 e. The molecule has 4 heterocycles. The molecule has 27 heavy (non-hydrogen) atoms. The van der Waals surface area contributed by atoms with Crippen LogP contribution in [-0.4, -0.2) is 55.3 Å². The molecular formula is C19H22N4O3S. The molecule has 7 nitrogen and oxygen atoms in total. The molecule has 1 amide bonds. The van der Waals surface area contributed by atoms with Crippen molar-refractivity contribution in [1.29, 1.82) is 0 Å². The van der Waals surface area contributed by atoms with Gasteiger partial charge in [0.25, 0.3) is 5.91 Å². The Morgan fingerprint density at radius 3 is 2.81 bits per heavy atom. The molecule has 0 saturated carbocycles. The molecule has 1 aromatic carbocycles. The second kappa shape index (κ2) is 6.69. The molecule has 0 unspecified atom stereocenters. The van der Waals surface area contributed by atoms with Crippen molar-refractivity contribution in [3.63, 3.8) is 0 Å². The van der Waals surface area contributed by atoms with Gasteiger partial charge in [-0.05, 0) is 24.6 Å². The highest BCUT2D eigenvalue weighted by Gasteiger charge is 2.28. The molecule has 8 heteroatoms. The largest absolute Gasteiger partial charge is 0.454 e. The number of piperazine rings is 1. The molecule has 5 rings (SSSR count). The summed E-state index contributed by atoms with van der Waals surface area (Å²) in [6, 6.07) is 6.53. The maximum Gasteiger partial charge on any atom is 0.263 e. The van der Waals surface area contributed by atoms with Gasteiger partial charge in [-0.2, -0.15) is 0 Å². The van der Waals surface area contributed by atoms with E-state index in [9.17, 15) is 4.79 Å². The van der Waals surface area contributed by atoms with E-state index < -0.39 is 0 Å². The molecule has 3 aliphatic heterocycles. The van der Waals surface area contributed by atoms with Crippen molar-refractivity contribution in [3.8, 4) is 11.5 Å². The summed E-state index contributed by atoms with van der Waals surface area (Å²) in [5.41, 5.74) is 2.20. The Bertz CT molecular complexity index is 876. The average molecular weight is 386 g/mol. The van der Waals surface area contributed by atoms with Crippen LogP contribution in [0.5, 0.6) is 11.5 Å². The molecule has 1 N–H and O–H groups in total. The van der Waals surface area contributed by atoms with Gasteiger partial charge in [-0.1, -0.05) is 17.4 Å². The normalized spacial score (nSPS) is 20.3. The minimum atomic E-state index is 0.0232. The number of hydrogen-bond donors (Lipinski definition) is 1. The van der Waals surface area contributed by atoms with E-state index in [0.29, 0.717) is 19.4 Å². The molecule has 0 radical (unpaired) electrons. The maximum atomic E-state index is 12.0. The Kier molecular flexibility index (Phi) is 4.17. The zero-order valence-electron chi connectivity index (χ0n) is 15.2. The van der Waals surface area contributed by atoms with E-state index in [-0.39, 0.29) is 5.91 Å². The molecule has 1 atom stereocenters. The van der Waals surface area contributed by atoms with Crippen molar-refractivity contribution in [2.24, 2.45) is 0 Å². The highest BCUT2D eigenvalue weighted by molar-refractivity contribution is 7.17. The first-order valence-electron chi connectivity index (χ1n) is 9.35. The van der Waals surface area contributed by atoms with Crippen LogP contribution in [0.4, 0.5) is 5.13 Å². The standard InChI is InChI=1S/C19H22N4O3S/c1-12(13-2-3-15-16(10-13)26-11-25-15)22-6-8-23(9-7-22)19-21-14-4-5-20-18(24)17(14)27-19/h2-3,10,12H,4-9,11H2,1H3,(H,20,24)/t12-/m0/s1. The van der Waals surface area contributed by atoms with Crippen LogP contribution in [0.3, 0.4) is 0 Å². The first kappa shape index (κ1) is 16.8. The quantitative estimate of drug-likeness (QED) is 0.871. The lowest BCUT2D eigenvalue weighted by molar-refractivity contribution is 0.0950. The fourth-order valence-electron chi connectivity index (χ4n) is 3.88. The summed E-state index contributed by atoms with van der Waals surface area (Å²) >= 11 is 1.52. The molecule has 0 aliphatic carbocycles. The predicted octanol–water partition coefficient (Wildman–Crippen LogP) is 2.04. The molecule has 0 spiro atoms. The summed E-state index contributed by atoms with van der Waals surface area (Å²) in [6.45, 7) is 7.00. The topological polar surface area (TPSA) is 66.9 Å². The van der Waals surface area contributed by atoms with Crippen LogP contribution in [0.2, 0.25) is 0 Å². The molecule has 1 fully saturated rings. The highest BCUT2D eigenvalue weighted by Crippen LogP contribution is 2.36. The maximum absolute atomic E-state index is 12.0. The fourth-order valence-corrected chi connectivity index (χ4v) is 4.96. The van der Waals surface area contributed by atoms with Gasteiger partial charge in [-0.25, -0.2) is 4.98 Å². The number of amides is 1. The number of hydrogen-bond acceptors (Lipinski definition) is 7.